The molecule has 2 N–H and O–H groups in total. The molecule has 0 saturated heterocycles. The molecule has 0 aliphatic heterocycles. The highest BCUT2D eigenvalue weighted by atomic mass is 16.6. The van der Waals surface area contributed by atoms with Crippen LogP contribution in [0.4, 0.5) is 5.69 Å². The summed E-state index contributed by atoms with van der Waals surface area (Å²) in [6.45, 7) is 0. The second-order valence-corrected chi connectivity index (χ2v) is 4.40. The maximum absolute atomic E-state index is 11.7. The molecule has 1 atom stereocenters. The lowest BCUT2D eigenvalue weighted by Gasteiger charge is -2.08. The van der Waals surface area contributed by atoms with Crippen LogP contribution in [0.3, 0.4) is 0 Å². The van der Waals surface area contributed by atoms with Crippen LogP contribution < -0.4 is 5.43 Å². The van der Waals surface area contributed by atoms with Crippen molar-refractivity contribution in [3.63, 3.8) is 0 Å². The molecule has 0 aromatic heterocycles. The Hall–Kier alpha value is -3.06. The second-order valence-electron chi connectivity index (χ2n) is 4.40. The summed E-state index contributed by atoms with van der Waals surface area (Å²) < 4.78 is 0. The van der Waals surface area contributed by atoms with Crippen molar-refractivity contribution in [3.8, 4) is 0 Å². The molecule has 7 nitrogen and oxygen atoms in total. The molecule has 2 rings (SSSR count). The third-order valence-electron chi connectivity index (χ3n) is 2.86. The minimum Gasteiger partial charge on any atom is -0.378 e. The second kappa shape index (κ2) is 7.09. The molecular formula is C15H13N3O4. The van der Waals surface area contributed by atoms with Crippen LogP contribution in [-0.4, -0.2) is 22.2 Å². The molecule has 2 aromatic carbocycles. The fourth-order valence-corrected chi connectivity index (χ4v) is 1.70. The van der Waals surface area contributed by atoms with Crippen LogP contribution in [0.5, 0.6) is 0 Å². The predicted octanol–water partition coefficient (Wildman–Crippen LogP) is 1.78. The van der Waals surface area contributed by atoms with E-state index < -0.39 is 16.9 Å². The van der Waals surface area contributed by atoms with Gasteiger partial charge in [0.05, 0.1) is 11.1 Å². The first-order chi connectivity index (χ1) is 10.6. The van der Waals surface area contributed by atoms with Gasteiger partial charge in [0.2, 0.25) is 0 Å². The number of carbonyl (C=O) groups excluding carboxylic acids is 1. The Bertz CT molecular complexity index is 684. The number of hydrogen-bond acceptors (Lipinski definition) is 5. The molecule has 7 heteroatoms. The predicted molar refractivity (Wildman–Crippen MR) is 80.2 cm³/mol. The van der Waals surface area contributed by atoms with Crippen molar-refractivity contribution in [2.24, 2.45) is 5.10 Å². The van der Waals surface area contributed by atoms with E-state index in [4.69, 9.17) is 0 Å². The first-order valence-corrected chi connectivity index (χ1v) is 6.38. The van der Waals surface area contributed by atoms with Crippen LogP contribution in [-0.2, 0) is 4.79 Å². The molecule has 0 heterocycles. The third-order valence-corrected chi connectivity index (χ3v) is 2.86. The Kier molecular flexibility index (Phi) is 4.94. The van der Waals surface area contributed by atoms with Crippen molar-refractivity contribution in [3.05, 3.63) is 75.8 Å². The summed E-state index contributed by atoms with van der Waals surface area (Å²) >= 11 is 0. The van der Waals surface area contributed by atoms with Crippen LogP contribution in [0.25, 0.3) is 0 Å². The molecule has 1 unspecified atom stereocenters. The number of amides is 1. The molecule has 112 valence electrons. The van der Waals surface area contributed by atoms with Gasteiger partial charge in [-0.25, -0.2) is 5.43 Å². The van der Waals surface area contributed by atoms with E-state index in [-0.39, 0.29) is 5.69 Å². The number of nitro benzene ring substituents is 1. The van der Waals surface area contributed by atoms with Crippen molar-refractivity contribution in [2.75, 3.05) is 0 Å². The number of nitro groups is 1. The summed E-state index contributed by atoms with van der Waals surface area (Å²) in [4.78, 5) is 21.7. The van der Waals surface area contributed by atoms with Crippen LogP contribution in [0.1, 0.15) is 17.2 Å². The summed E-state index contributed by atoms with van der Waals surface area (Å²) in [6.07, 6.45) is 0.0227. The Morgan fingerprint density at radius 2 is 1.82 bits per heavy atom. The number of rotatable bonds is 5. The molecule has 0 fully saturated rings. The van der Waals surface area contributed by atoms with Crippen molar-refractivity contribution in [2.45, 2.75) is 6.10 Å². The number of carbonyl (C=O) groups is 1. The van der Waals surface area contributed by atoms with E-state index in [1.165, 1.54) is 30.5 Å². The Labute approximate surface area is 126 Å². The smallest absolute Gasteiger partial charge is 0.273 e. The summed E-state index contributed by atoms with van der Waals surface area (Å²) in [5, 5.41) is 24.0. The maximum atomic E-state index is 11.7. The van der Waals surface area contributed by atoms with Gasteiger partial charge in [-0.3, -0.25) is 14.9 Å². The van der Waals surface area contributed by atoms with Crippen LogP contribution in [0.15, 0.2) is 59.7 Å². The number of nitrogens with one attached hydrogen (secondary N) is 1. The van der Waals surface area contributed by atoms with Gasteiger partial charge in [-0.2, -0.15) is 5.10 Å². The Balaban J connectivity index is 1.94. The van der Waals surface area contributed by atoms with E-state index in [1.807, 2.05) is 0 Å². The summed E-state index contributed by atoms with van der Waals surface area (Å²) in [7, 11) is 0. The van der Waals surface area contributed by atoms with Crippen LogP contribution in [0, 0.1) is 10.1 Å². The van der Waals surface area contributed by atoms with E-state index in [2.05, 4.69) is 10.5 Å². The fourth-order valence-electron chi connectivity index (χ4n) is 1.70. The highest BCUT2D eigenvalue weighted by molar-refractivity contribution is 5.85. The molecule has 0 bridgehead atoms. The summed E-state index contributed by atoms with van der Waals surface area (Å²) in [6, 6.07) is 14.1. The number of aliphatic hydroxyl groups excluding tert-OH is 1. The summed E-state index contributed by atoms with van der Waals surface area (Å²) in [5.74, 6) is -0.663. The molecule has 1 amide bonds. The van der Waals surface area contributed by atoms with Crippen molar-refractivity contribution < 1.29 is 14.8 Å². The highest BCUT2D eigenvalue weighted by Gasteiger charge is 2.15. The van der Waals surface area contributed by atoms with Crippen LogP contribution in [0.2, 0.25) is 0 Å². The van der Waals surface area contributed by atoms with Crippen LogP contribution >= 0.6 is 0 Å². The van der Waals surface area contributed by atoms with Gasteiger partial charge in [-0.1, -0.05) is 30.3 Å². The largest absolute Gasteiger partial charge is 0.378 e. The molecule has 0 saturated carbocycles. The van der Waals surface area contributed by atoms with Gasteiger partial charge in [0, 0.05) is 12.1 Å². The van der Waals surface area contributed by atoms with E-state index in [9.17, 15) is 20.0 Å². The zero-order valence-corrected chi connectivity index (χ0v) is 11.4. The van der Waals surface area contributed by atoms with Crippen molar-refractivity contribution in [1.82, 2.24) is 5.43 Å². The van der Waals surface area contributed by atoms with Gasteiger partial charge in [0.15, 0.2) is 6.10 Å². The molecule has 0 radical (unpaired) electrons. The van der Waals surface area contributed by atoms with E-state index in [0.29, 0.717) is 11.1 Å². The van der Waals surface area contributed by atoms with Crippen molar-refractivity contribution >= 4 is 17.8 Å². The monoisotopic (exact) mass is 299 g/mol. The number of nitrogens with zero attached hydrogens (tertiary/aromatic N) is 2. The molecule has 0 spiro atoms. The van der Waals surface area contributed by atoms with Gasteiger partial charge in [0.1, 0.15) is 0 Å². The molecule has 0 aliphatic rings. The highest BCUT2D eigenvalue weighted by Crippen LogP contribution is 2.12. The minimum absolute atomic E-state index is 0.0271. The van der Waals surface area contributed by atoms with Gasteiger partial charge in [-0.15, -0.1) is 0 Å². The molecular weight excluding hydrogens is 286 g/mol. The number of hydrogen-bond donors (Lipinski definition) is 2. The molecule has 22 heavy (non-hydrogen) atoms. The Morgan fingerprint density at radius 3 is 2.41 bits per heavy atom. The number of hydrazone groups is 1. The quantitative estimate of drug-likeness (QED) is 0.498. The van der Waals surface area contributed by atoms with E-state index in [1.54, 1.807) is 30.3 Å². The zero-order valence-electron chi connectivity index (χ0n) is 11.4. The van der Waals surface area contributed by atoms with Gasteiger partial charge < -0.3 is 5.11 Å². The average molecular weight is 299 g/mol. The number of aliphatic hydroxyl groups is 1. The zero-order chi connectivity index (χ0) is 15.9. The molecule has 0 aliphatic carbocycles. The van der Waals surface area contributed by atoms with E-state index >= 15 is 0 Å². The Morgan fingerprint density at radius 1 is 1.18 bits per heavy atom. The van der Waals surface area contributed by atoms with E-state index in [0.717, 1.165) is 0 Å². The normalized spacial score (nSPS) is 12.0. The average Bonchev–Trinajstić information content (AvgIpc) is 2.55. The lowest BCUT2D eigenvalue weighted by atomic mass is 10.1. The lowest BCUT2D eigenvalue weighted by molar-refractivity contribution is -0.384. The minimum atomic E-state index is -1.31. The standard InChI is InChI=1S/C15H13N3O4/c19-14(12-4-2-1-3-5-12)15(20)17-16-10-11-6-8-13(9-7-11)18(21)22/h1-10,14,19H,(H,17,20). The number of benzene rings is 2. The first-order valence-electron chi connectivity index (χ1n) is 6.38. The third kappa shape index (κ3) is 3.97. The topological polar surface area (TPSA) is 105 Å². The fraction of sp³-hybridized carbons (Fsp3) is 0.0667. The molecule has 2 aromatic rings. The lowest BCUT2D eigenvalue weighted by Crippen LogP contribution is -2.25. The van der Waals surface area contributed by atoms with Crippen molar-refractivity contribution in [1.29, 1.82) is 0 Å². The maximum Gasteiger partial charge on any atom is 0.273 e. The SMILES string of the molecule is O=C(NN=Cc1ccc([N+](=O)[O-])cc1)C(O)c1ccccc1. The number of non-ortho nitro benzene ring substituents is 1. The van der Waals surface area contributed by atoms with Gasteiger partial charge in [-0.05, 0) is 23.3 Å². The van der Waals surface area contributed by atoms with Gasteiger partial charge >= 0.3 is 0 Å². The summed E-state index contributed by atoms with van der Waals surface area (Å²) in [5.41, 5.74) is 3.23. The van der Waals surface area contributed by atoms with Gasteiger partial charge in [0.25, 0.3) is 11.6 Å². The first kappa shape index (κ1) is 15.3.